The summed E-state index contributed by atoms with van der Waals surface area (Å²) in [6, 6.07) is 4.84. The number of anilines is 1. The van der Waals surface area contributed by atoms with Gasteiger partial charge in [-0.15, -0.1) is 0 Å². The van der Waals surface area contributed by atoms with Gasteiger partial charge in [0.15, 0.2) is 0 Å². The molecule has 20 heavy (non-hydrogen) atoms. The van der Waals surface area contributed by atoms with Gasteiger partial charge in [-0.3, -0.25) is 0 Å². The average Bonchev–Trinajstić information content (AvgIpc) is 2.90. The second-order valence-corrected chi connectivity index (χ2v) is 4.77. The minimum atomic E-state index is -0.288. The number of nitrogens with zero attached hydrogens (tertiary/aromatic N) is 6. The first-order valence-electron chi connectivity index (χ1n) is 6.32. The number of hydrogen-bond donors (Lipinski definition) is 0. The van der Waals surface area contributed by atoms with Crippen LogP contribution in [-0.2, 0) is 0 Å². The molecule has 1 aromatic carbocycles. The zero-order valence-electron chi connectivity index (χ0n) is 10.5. The highest BCUT2D eigenvalue weighted by molar-refractivity contribution is 5.89. The maximum atomic E-state index is 13.2. The molecule has 0 bridgehead atoms. The van der Waals surface area contributed by atoms with Crippen molar-refractivity contribution >= 4 is 16.7 Å². The van der Waals surface area contributed by atoms with Crippen molar-refractivity contribution in [2.45, 2.75) is 6.04 Å². The maximum absolute atomic E-state index is 13.2. The standard InChI is InChI=1S/C13H11FN6/c14-9-1-2-11-12(5-9)15-8-16-13(11)19-6-10(7-19)20-17-3-4-18-20/h1-5,8,10H,6-7H2. The van der Waals surface area contributed by atoms with Crippen LogP contribution < -0.4 is 4.90 Å². The molecule has 1 aliphatic heterocycles. The number of rotatable bonds is 2. The first kappa shape index (κ1) is 11.3. The van der Waals surface area contributed by atoms with Gasteiger partial charge in [0, 0.05) is 24.5 Å². The van der Waals surface area contributed by atoms with Crippen LogP contribution in [0.3, 0.4) is 0 Å². The minimum absolute atomic E-state index is 0.260. The van der Waals surface area contributed by atoms with Crippen molar-refractivity contribution in [2.24, 2.45) is 0 Å². The summed E-state index contributed by atoms with van der Waals surface area (Å²) in [6.07, 6.45) is 4.81. The minimum Gasteiger partial charge on any atom is -0.351 e. The van der Waals surface area contributed by atoms with E-state index in [9.17, 15) is 4.39 Å². The van der Waals surface area contributed by atoms with E-state index in [1.165, 1.54) is 18.5 Å². The molecule has 6 nitrogen and oxygen atoms in total. The Morgan fingerprint density at radius 2 is 1.90 bits per heavy atom. The molecular weight excluding hydrogens is 259 g/mol. The third-order valence-electron chi connectivity index (χ3n) is 3.50. The molecule has 0 radical (unpaired) electrons. The van der Waals surface area contributed by atoms with E-state index < -0.39 is 0 Å². The van der Waals surface area contributed by atoms with E-state index >= 15 is 0 Å². The van der Waals surface area contributed by atoms with E-state index in [2.05, 4.69) is 25.1 Å². The Hall–Kier alpha value is -2.57. The van der Waals surface area contributed by atoms with E-state index in [1.54, 1.807) is 23.3 Å². The van der Waals surface area contributed by atoms with Crippen LogP contribution in [0.5, 0.6) is 0 Å². The summed E-state index contributed by atoms with van der Waals surface area (Å²) in [4.78, 5) is 12.3. The molecule has 1 saturated heterocycles. The zero-order valence-corrected chi connectivity index (χ0v) is 10.5. The van der Waals surface area contributed by atoms with E-state index in [4.69, 9.17) is 0 Å². The van der Waals surface area contributed by atoms with Gasteiger partial charge in [0.05, 0.1) is 17.9 Å². The van der Waals surface area contributed by atoms with Crippen LogP contribution in [0.4, 0.5) is 10.2 Å². The lowest BCUT2D eigenvalue weighted by atomic mass is 10.1. The molecule has 100 valence electrons. The molecule has 3 aromatic rings. The fourth-order valence-corrected chi connectivity index (χ4v) is 2.46. The van der Waals surface area contributed by atoms with Gasteiger partial charge in [-0.25, -0.2) is 14.4 Å². The van der Waals surface area contributed by atoms with Crippen molar-refractivity contribution < 1.29 is 4.39 Å². The SMILES string of the molecule is Fc1ccc2c(N3CC(n4nccn4)C3)ncnc2c1. The van der Waals surface area contributed by atoms with Crippen LogP contribution in [0.15, 0.2) is 36.9 Å². The van der Waals surface area contributed by atoms with Gasteiger partial charge in [0.1, 0.15) is 24.0 Å². The maximum Gasteiger partial charge on any atom is 0.140 e. The van der Waals surface area contributed by atoms with Crippen molar-refractivity contribution in [1.29, 1.82) is 0 Å². The van der Waals surface area contributed by atoms with Crippen LogP contribution in [0.2, 0.25) is 0 Å². The molecular formula is C13H11FN6. The van der Waals surface area contributed by atoms with Crippen LogP contribution in [0.1, 0.15) is 6.04 Å². The van der Waals surface area contributed by atoms with Crippen LogP contribution in [0, 0.1) is 5.82 Å². The molecule has 2 aromatic heterocycles. The van der Waals surface area contributed by atoms with Gasteiger partial charge in [0.2, 0.25) is 0 Å². The molecule has 0 amide bonds. The normalized spacial score (nSPS) is 15.6. The van der Waals surface area contributed by atoms with Crippen molar-refractivity contribution in [3.05, 3.63) is 42.7 Å². The molecule has 0 spiro atoms. The fourth-order valence-electron chi connectivity index (χ4n) is 2.46. The Labute approximate surface area is 113 Å². The first-order valence-corrected chi connectivity index (χ1v) is 6.32. The summed E-state index contributed by atoms with van der Waals surface area (Å²) in [6.45, 7) is 1.58. The summed E-state index contributed by atoms with van der Waals surface area (Å²) in [7, 11) is 0. The summed E-state index contributed by atoms with van der Waals surface area (Å²) < 4.78 is 13.2. The third kappa shape index (κ3) is 1.70. The molecule has 0 aliphatic carbocycles. The molecule has 0 unspecified atom stereocenters. The van der Waals surface area contributed by atoms with Gasteiger partial charge >= 0.3 is 0 Å². The van der Waals surface area contributed by atoms with Gasteiger partial charge in [0.25, 0.3) is 0 Å². The number of benzene rings is 1. The lowest BCUT2D eigenvalue weighted by Crippen LogP contribution is -2.49. The van der Waals surface area contributed by atoms with E-state index in [0.29, 0.717) is 5.52 Å². The van der Waals surface area contributed by atoms with Crippen LogP contribution in [-0.4, -0.2) is 38.1 Å². The van der Waals surface area contributed by atoms with E-state index in [1.807, 2.05) is 0 Å². The summed E-state index contributed by atoms with van der Waals surface area (Å²) >= 11 is 0. The molecule has 0 atom stereocenters. The zero-order chi connectivity index (χ0) is 13.5. The monoisotopic (exact) mass is 270 g/mol. The number of hydrogen-bond acceptors (Lipinski definition) is 5. The first-order chi connectivity index (χ1) is 9.81. The number of halogens is 1. The lowest BCUT2D eigenvalue weighted by molar-refractivity contribution is 0.331. The van der Waals surface area contributed by atoms with Crippen molar-refractivity contribution in [3.8, 4) is 0 Å². The quantitative estimate of drug-likeness (QED) is 0.705. The predicted molar refractivity (Wildman–Crippen MR) is 70.8 cm³/mol. The highest BCUT2D eigenvalue weighted by atomic mass is 19.1. The number of aromatic nitrogens is 5. The van der Waals surface area contributed by atoms with Gasteiger partial charge in [-0.2, -0.15) is 15.0 Å². The third-order valence-corrected chi connectivity index (χ3v) is 3.50. The Balaban J connectivity index is 1.64. The van der Waals surface area contributed by atoms with E-state index in [0.717, 1.165) is 24.3 Å². The molecule has 1 fully saturated rings. The highest BCUT2D eigenvalue weighted by Crippen LogP contribution is 2.30. The molecule has 4 rings (SSSR count). The Morgan fingerprint density at radius 3 is 2.70 bits per heavy atom. The molecule has 0 saturated carbocycles. The second kappa shape index (κ2) is 4.22. The summed E-state index contributed by atoms with van der Waals surface area (Å²) in [5.74, 6) is 0.544. The summed E-state index contributed by atoms with van der Waals surface area (Å²) in [5, 5.41) is 9.14. The average molecular weight is 270 g/mol. The lowest BCUT2D eigenvalue weighted by Gasteiger charge is -2.39. The highest BCUT2D eigenvalue weighted by Gasteiger charge is 2.31. The van der Waals surface area contributed by atoms with Crippen molar-refractivity contribution in [3.63, 3.8) is 0 Å². The van der Waals surface area contributed by atoms with Gasteiger partial charge < -0.3 is 4.90 Å². The van der Waals surface area contributed by atoms with Crippen molar-refractivity contribution in [2.75, 3.05) is 18.0 Å². The number of fused-ring (bicyclic) bond motifs is 1. The molecule has 7 heteroatoms. The van der Waals surface area contributed by atoms with Gasteiger partial charge in [-0.1, -0.05) is 0 Å². The topological polar surface area (TPSA) is 59.7 Å². The Kier molecular flexibility index (Phi) is 2.38. The van der Waals surface area contributed by atoms with E-state index in [-0.39, 0.29) is 11.9 Å². The fraction of sp³-hybridized carbons (Fsp3) is 0.231. The summed E-state index contributed by atoms with van der Waals surface area (Å²) in [5.41, 5.74) is 0.621. The largest absolute Gasteiger partial charge is 0.351 e. The molecule has 1 aliphatic rings. The molecule has 3 heterocycles. The molecule has 0 N–H and O–H groups in total. The van der Waals surface area contributed by atoms with Crippen LogP contribution >= 0.6 is 0 Å². The Bertz CT molecular complexity index is 751. The van der Waals surface area contributed by atoms with Crippen LogP contribution in [0.25, 0.3) is 10.9 Å². The smallest absolute Gasteiger partial charge is 0.140 e. The van der Waals surface area contributed by atoms with Crippen molar-refractivity contribution in [1.82, 2.24) is 25.0 Å². The second-order valence-electron chi connectivity index (χ2n) is 4.77. The predicted octanol–water partition coefficient (Wildman–Crippen LogP) is 1.42. The van der Waals surface area contributed by atoms with Gasteiger partial charge in [-0.05, 0) is 12.1 Å². The Morgan fingerprint density at radius 1 is 1.10 bits per heavy atom.